The van der Waals surface area contributed by atoms with Crippen LogP contribution >= 0.6 is 12.2 Å². The first kappa shape index (κ1) is 22.8. The van der Waals surface area contributed by atoms with E-state index in [0.29, 0.717) is 35.2 Å². The summed E-state index contributed by atoms with van der Waals surface area (Å²) in [5.41, 5.74) is 5.51. The number of amides is 2. The third-order valence-corrected chi connectivity index (χ3v) is 4.08. The molecular formula is C20H23N3O6S. The summed E-state index contributed by atoms with van der Waals surface area (Å²) in [6.45, 7) is 2.41. The molecule has 160 valence electrons. The number of hydrogen-bond donors (Lipinski definition) is 3. The SMILES string of the molecule is CCOc1ccc(C(=O)NC(=S)NNC(=O)c2cc(OC)c(OC)c(OC)c2)cc1. The van der Waals surface area contributed by atoms with Crippen LogP contribution in [0.4, 0.5) is 0 Å². The lowest BCUT2D eigenvalue weighted by molar-refractivity contribution is 0.0934. The van der Waals surface area contributed by atoms with Crippen LogP contribution in [0.5, 0.6) is 23.0 Å². The van der Waals surface area contributed by atoms with E-state index >= 15 is 0 Å². The van der Waals surface area contributed by atoms with Crippen LogP contribution in [-0.4, -0.2) is 44.9 Å². The molecule has 10 heteroatoms. The van der Waals surface area contributed by atoms with Gasteiger partial charge in [-0.25, -0.2) is 0 Å². The van der Waals surface area contributed by atoms with Crippen LogP contribution in [0.25, 0.3) is 0 Å². The van der Waals surface area contributed by atoms with Crippen molar-refractivity contribution >= 4 is 29.1 Å². The maximum absolute atomic E-state index is 12.4. The van der Waals surface area contributed by atoms with Crippen LogP contribution in [0.2, 0.25) is 0 Å². The van der Waals surface area contributed by atoms with Gasteiger partial charge in [0.15, 0.2) is 16.6 Å². The largest absolute Gasteiger partial charge is 0.494 e. The second-order valence-corrected chi connectivity index (χ2v) is 6.14. The molecule has 0 spiro atoms. The van der Waals surface area contributed by atoms with Crippen molar-refractivity contribution in [3.63, 3.8) is 0 Å². The molecule has 0 atom stereocenters. The van der Waals surface area contributed by atoms with Crippen molar-refractivity contribution in [2.75, 3.05) is 27.9 Å². The molecule has 0 aliphatic carbocycles. The molecule has 0 fully saturated rings. The highest BCUT2D eigenvalue weighted by Gasteiger charge is 2.17. The topological polar surface area (TPSA) is 107 Å². The molecule has 0 aliphatic rings. The number of carbonyl (C=O) groups excluding carboxylic acids is 2. The number of hydrazine groups is 1. The molecule has 2 aromatic rings. The first-order valence-corrected chi connectivity index (χ1v) is 9.28. The van der Waals surface area contributed by atoms with Gasteiger partial charge < -0.3 is 18.9 Å². The van der Waals surface area contributed by atoms with Crippen molar-refractivity contribution in [3.8, 4) is 23.0 Å². The predicted octanol–water partition coefficient (Wildman–Crippen LogP) is 2.06. The van der Waals surface area contributed by atoms with Gasteiger partial charge in [0.1, 0.15) is 5.75 Å². The zero-order valence-corrected chi connectivity index (χ0v) is 17.8. The second-order valence-electron chi connectivity index (χ2n) is 5.73. The molecule has 0 aliphatic heterocycles. The molecule has 0 saturated heterocycles. The van der Waals surface area contributed by atoms with Gasteiger partial charge in [-0.1, -0.05) is 0 Å². The van der Waals surface area contributed by atoms with E-state index in [9.17, 15) is 9.59 Å². The number of nitrogens with one attached hydrogen (secondary N) is 3. The van der Waals surface area contributed by atoms with Crippen molar-refractivity contribution in [2.24, 2.45) is 0 Å². The summed E-state index contributed by atoms with van der Waals surface area (Å²) in [6, 6.07) is 9.55. The number of methoxy groups -OCH3 is 3. The number of benzene rings is 2. The molecule has 0 radical (unpaired) electrons. The Labute approximate surface area is 179 Å². The normalized spacial score (nSPS) is 9.87. The fourth-order valence-corrected chi connectivity index (χ4v) is 2.62. The molecule has 2 amide bonds. The molecule has 9 nitrogen and oxygen atoms in total. The van der Waals surface area contributed by atoms with Gasteiger partial charge in [0, 0.05) is 11.1 Å². The fraction of sp³-hybridized carbons (Fsp3) is 0.250. The number of ether oxygens (including phenoxy) is 4. The van der Waals surface area contributed by atoms with Gasteiger partial charge in [-0.05, 0) is 55.5 Å². The van der Waals surface area contributed by atoms with Crippen LogP contribution in [0.3, 0.4) is 0 Å². The lowest BCUT2D eigenvalue weighted by Gasteiger charge is -2.15. The van der Waals surface area contributed by atoms with Crippen LogP contribution in [0, 0.1) is 0 Å². The molecular weight excluding hydrogens is 410 g/mol. The summed E-state index contributed by atoms with van der Waals surface area (Å²) in [6.07, 6.45) is 0. The standard InChI is InChI=1S/C20H23N3O6S/c1-5-29-14-8-6-12(7-9-14)18(24)21-20(30)23-22-19(25)13-10-15(26-2)17(28-4)16(11-13)27-3/h6-11H,5H2,1-4H3,(H,22,25)(H2,21,23,24,30). The Kier molecular flexibility index (Phi) is 8.24. The Bertz CT molecular complexity index is 892. The molecule has 0 saturated carbocycles. The van der Waals surface area contributed by atoms with Crippen LogP contribution < -0.4 is 35.1 Å². The first-order valence-electron chi connectivity index (χ1n) is 8.88. The van der Waals surface area contributed by atoms with Crippen LogP contribution in [0.15, 0.2) is 36.4 Å². The van der Waals surface area contributed by atoms with Gasteiger partial charge in [0.05, 0.1) is 27.9 Å². The minimum Gasteiger partial charge on any atom is -0.494 e. The molecule has 0 heterocycles. The monoisotopic (exact) mass is 433 g/mol. The van der Waals surface area contributed by atoms with Crippen molar-refractivity contribution < 1.29 is 28.5 Å². The molecule has 2 rings (SSSR count). The Balaban J connectivity index is 1.97. The maximum Gasteiger partial charge on any atom is 0.269 e. The van der Waals surface area contributed by atoms with Gasteiger partial charge in [-0.15, -0.1) is 0 Å². The highest BCUT2D eigenvalue weighted by Crippen LogP contribution is 2.38. The van der Waals surface area contributed by atoms with Gasteiger partial charge >= 0.3 is 0 Å². The summed E-state index contributed by atoms with van der Waals surface area (Å²) in [5.74, 6) is 0.723. The lowest BCUT2D eigenvalue weighted by Crippen LogP contribution is -2.48. The molecule has 0 bridgehead atoms. The molecule has 30 heavy (non-hydrogen) atoms. The molecule has 0 aromatic heterocycles. The van der Waals surface area contributed by atoms with E-state index in [-0.39, 0.29) is 10.7 Å². The Morgan fingerprint density at radius 1 is 0.867 bits per heavy atom. The van der Waals surface area contributed by atoms with Gasteiger partial charge in [0.2, 0.25) is 5.75 Å². The van der Waals surface area contributed by atoms with Crippen molar-refractivity contribution in [3.05, 3.63) is 47.5 Å². The minimum atomic E-state index is -0.521. The summed E-state index contributed by atoms with van der Waals surface area (Å²) in [7, 11) is 4.36. The fourth-order valence-electron chi connectivity index (χ4n) is 2.47. The molecule has 3 N–H and O–H groups in total. The first-order chi connectivity index (χ1) is 14.4. The van der Waals surface area contributed by atoms with Gasteiger partial charge in [-0.3, -0.25) is 25.8 Å². The maximum atomic E-state index is 12.4. The average Bonchev–Trinajstić information content (AvgIpc) is 2.76. The van der Waals surface area contributed by atoms with E-state index in [1.54, 1.807) is 24.3 Å². The Hall–Kier alpha value is -3.53. The zero-order valence-electron chi connectivity index (χ0n) is 17.0. The summed E-state index contributed by atoms with van der Waals surface area (Å²) >= 11 is 5.05. The van der Waals surface area contributed by atoms with Crippen molar-refractivity contribution in [2.45, 2.75) is 6.92 Å². The van der Waals surface area contributed by atoms with Gasteiger partial charge in [-0.2, -0.15) is 0 Å². The highest BCUT2D eigenvalue weighted by molar-refractivity contribution is 7.80. The van der Waals surface area contributed by atoms with E-state index in [4.69, 9.17) is 31.2 Å². The third-order valence-electron chi connectivity index (χ3n) is 3.87. The summed E-state index contributed by atoms with van der Waals surface area (Å²) < 4.78 is 21.0. The quantitative estimate of drug-likeness (QED) is 0.450. The Morgan fingerprint density at radius 2 is 1.47 bits per heavy atom. The smallest absolute Gasteiger partial charge is 0.269 e. The molecule has 0 unspecified atom stereocenters. The number of rotatable bonds is 7. The van der Waals surface area contributed by atoms with Crippen molar-refractivity contribution in [1.82, 2.24) is 16.2 Å². The van der Waals surface area contributed by atoms with Crippen molar-refractivity contribution in [1.29, 1.82) is 0 Å². The lowest BCUT2D eigenvalue weighted by atomic mass is 10.1. The van der Waals surface area contributed by atoms with E-state index in [0.717, 1.165) is 0 Å². The second kappa shape index (κ2) is 10.9. The number of thiocarbonyl (C=S) groups is 1. The highest BCUT2D eigenvalue weighted by atomic mass is 32.1. The minimum absolute atomic E-state index is 0.0744. The molecule has 2 aromatic carbocycles. The number of carbonyl (C=O) groups is 2. The van der Waals surface area contributed by atoms with E-state index < -0.39 is 11.8 Å². The van der Waals surface area contributed by atoms with E-state index in [2.05, 4.69) is 16.2 Å². The summed E-state index contributed by atoms with van der Waals surface area (Å²) in [4.78, 5) is 24.7. The van der Waals surface area contributed by atoms with E-state index in [1.807, 2.05) is 6.92 Å². The predicted molar refractivity (Wildman–Crippen MR) is 114 cm³/mol. The van der Waals surface area contributed by atoms with Gasteiger partial charge in [0.25, 0.3) is 11.8 Å². The summed E-state index contributed by atoms with van der Waals surface area (Å²) in [5, 5.41) is 2.40. The average molecular weight is 433 g/mol. The zero-order chi connectivity index (χ0) is 22.1. The van der Waals surface area contributed by atoms with Crippen LogP contribution in [0.1, 0.15) is 27.6 Å². The Morgan fingerprint density at radius 3 is 1.97 bits per heavy atom. The van der Waals surface area contributed by atoms with E-state index in [1.165, 1.54) is 33.5 Å². The van der Waals surface area contributed by atoms with Crippen LogP contribution in [-0.2, 0) is 0 Å². The number of hydrogen-bond acceptors (Lipinski definition) is 7. The third kappa shape index (κ3) is 5.74.